The number of benzene rings is 2. The van der Waals surface area contributed by atoms with Gasteiger partial charge in [0.25, 0.3) is 0 Å². The normalized spacial score (nSPS) is 10.9. The average Bonchev–Trinajstić information content (AvgIpc) is 3.08. The van der Waals surface area contributed by atoms with Crippen molar-refractivity contribution in [2.24, 2.45) is 0 Å². The number of ketones is 1. The summed E-state index contributed by atoms with van der Waals surface area (Å²) in [5.74, 6) is 1.55. The van der Waals surface area contributed by atoms with E-state index in [0.29, 0.717) is 45.8 Å². The molecule has 0 unspecified atom stereocenters. The average molecular weight is 395 g/mol. The van der Waals surface area contributed by atoms with Gasteiger partial charge in [-0.05, 0) is 56.3 Å². The van der Waals surface area contributed by atoms with Crippen LogP contribution in [0.15, 0.2) is 46.9 Å². The Balaban J connectivity index is 2.00. The van der Waals surface area contributed by atoms with E-state index in [4.69, 9.17) is 13.9 Å². The van der Waals surface area contributed by atoms with Gasteiger partial charge in [0.05, 0.1) is 19.8 Å². The number of furan rings is 1. The third kappa shape index (κ3) is 4.59. The van der Waals surface area contributed by atoms with Gasteiger partial charge in [0.2, 0.25) is 5.91 Å². The molecular weight excluding hydrogens is 370 g/mol. The van der Waals surface area contributed by atoms with Crippen molar-refractivity contribution in [1.29, 1.82) is 0 Å². The van der Waals surface area contributed by atoms with Crippen LogP contribution < -0.4 is 14.8 Å². The molecule has 0 aliphatic rings. The van der Waals surface area contributed by atoms with E-state index < -0.39 is 0 Å². The minimum atomic E-state index is -0.168. The van der Waals surface area contributed by atoms with Crippen LogP contribution in [0.4, 0.5) is 0 Å². The molecule has 1 amide bonds. The number of hydrogen-bond donors (Lipinski definition) is 1. The molecule has 3 aromatic rings. The highest BCUT2D eigenvalue weighted by Crippen LogP contribution is 2.32. The van der Waals surface area contributed by atoms with Crippen LogP contribution in [0.1, 0.15) is 41.9 Å². The van der Waals surface area contributed by atoms with Gasteiger partial charge in [-0.2, -0.15) is 0 Å². The summed E-state index contributed by atoms with van der Waals surface area (Å²) in [6, 6.07) is 12.3. The Kier molecular flexibility index (Phi) is 6.22. The third-order valence-corrected chi connectivity index (χ3v) is 4.58. The maximum Gasteiger partial charge on any atom is 0.220 e. The van der Waals surface area contributed by atoms with Crippen molar-refractivity contribution in [3.05, 3.63) is 59.4 Å². The summed E-state index contributed by atoms with van der Waals surface area (Å²) in [6.07, 6.45) is 0.560. The quantitative estimate of drug-likeness (QED) is 0.580. The summed E-state index contributed by atoms with van der Waals surface area (Å²) in [4.78, 5) is 25.4. The van der Waals surface area contributed by atoms with Gasteiger partial charge in [0.15, 0.2) is 5.78 Å². The zero-order valence-electron chi connectivity index (χ0n) is 17.1. The molecule has 0 radical (unpaired) electrons. The molecule has 0 saturated heterocycles. The van der Waals surface area contributed by atoms with Gasteiger partial charge in [0, 0.05) is 29.8 Å². The van der Waals surface area contributed by atoms with Crippen LogP contribution in [0.5, 0.6) is 11.5 Å². The molecular formula is C23H25NO5. The predicted octanol–water partition coefficient (Wildman–Crippen LogP) is 4.14. The zero-order valence-corrected chi connectivity index (χ0v) is 17.1. The molecule has 1 heterocycles. The Labute approximate surface area is 169 Å². The van der Waals surface area contributed by atoms with Crippen molar-refractivity contribution in [3.63, 3.8) is 0 Å². The number of hydrogen-bond acceptors (Lipinski definition) is 5. The number of rotatable bonds is 8. The fourth-order valence-electron chi connectivity index (χ4n) is 3.19. The number of nitrogens with one attached hydrogen (secondary N) is 1. The van der Waals surface area contributed by atoms with Crippen LogP contribution in [0, 0.1) is 0 Å². The van der Waals surface area contributed by atoms with Crippen LogP contribution in [0.2, 0.25) is 0 Å². The number of aryl methyl sites for hydroxylation is 1. The summed E-state index contributed by atoms with van der Waals surface area (Å²) in [5.41, 5.74) is 1.56. The minimum absolute atomic E-state index is 0.0582. The van der Waals surface area contributed by atoms with Crippen molar-refractivity contribution in [2.45, 2.75) is 32.7 Å². The molecule has 1 aromatic heterocycles. The van der Waals surface area contributed by atoms with E-state index in [1.54, 1.807) is 56.7 Å². The number of fused-ring (bicyclic) bond motifs is 1. The summed E-state index contributed by atoms with van der Waals surface area (Å²) in [6.45, 7) is 3.81. The van der Waals surface area contributed by atoms with Gasteiger partial charge in [-0.15, -0.1) is 0 Å². The highest BCUT2D eigenvalue weighted by molar-refractivity contribution is 6.17. The second-order valence-corrected chi connectivity index (χ2v) is 7.04. The minimum Gasteiger partial charge on any atom is -0.497 e. The number of amides is 1. The van der Waals surface area contributed by atoms with Crippen LogP contribution in [-0.2, 0) is 11.2 Å². The molecule has 6 nitrogen and oxygen atoms in total. The van der Waals surface area contributed by atoms with Crippen LogP contribution in [0.3, 0.4) is 0 Å². The summed E-state index contributed by atoms with van der Waals surface area (Å²) in [5, 5.41) is 3.53. The first-order valence-corrected chi connectivity index (χ1v) is 9.50. The molecule has 3 rings (SSSR count). The van der Waals surface area contributed by atoms with Crippen LogP contribution in [0.25, 0.3) is 11.0 Å². The van der Waals surface area contributed by atoms with E-state index in [9.17, 15) is 9.59 Å². The molecule has 0 saturated carbocycles. The maximum absolute atomic E-state index is 13.3. The predicted molar refractivity (Wildman–Crippen MR) is 111 cm³/mol. The topological polar surface area (TPSA) is 77.8 Å². The molecule has 0 atom stereocenters. The molecule has 0 spiro atoms. The highest BCUT2D eigenvalue weighted by Gasteiger charge is 2.23. The first-order chi connectivity index (χ1) is 13.9. The second kappa shape index (κ2) is 8.82. The highest BCUT2D eigenvalue weighted by atomic mass is 16.5. The lowest BCUT2D eigenvalue weighted by atomic mass is 9.98. The molecule has 0 bridgehead atoms. The summed E-state index contributed by atoms with van der Waals surface area (Å²) >= 11 is 0. The van der Waals surface area contributed by atoms with E-state index in [-0.39, 0.29) is 24.2 Å². The Hall–Kier alpha value is -3.28. The van der Waals surface area contributed by atoms with Gasteiger partial charge >= 0.3 is 0 Å². The fraction of sp³-hybridized carbons (Fsp3) is 0.304. The Morgan fingerprint density at radius 3 is 2.28 bits per heavy atom. The lowest BCUT2D eigenvalue weighted by Crippen LogP contribution is -2.30. The molecule has 1 N–H and O–H groups in total. The van der Waals surface area contributed by atoms with E-state index in [0.717, 1.165) is 0 Å². The molecule has 2 aromatic carbocycles. The number of methoxy groups -OCH3 is 2. The van der Waals surface area contributed by atoms with Crippen molar-refractivity contribution in [3.8, 4) is 11.5 Å². The first-order valence-electron chi connectivity index (χ1n) is 9.50. The van der Waals surface area contributed by atoms with Gasteiger partial charge in [-0.25, -0.2) is 0 Å². The molecule has 152 valence electrons. The molecule has 0 fully saturated rings. The van der Waals surface area contributed by atoms with Gasteiger partial charge in [0.1, 0.15) is 22.8 Å². The summed E-state index contributed by atoms with van der Waals surface area (Å²) < 4.78 is 16.4. The Morgan fingerprint density at radius 1 is 1.00 bits per heavy atom. The molecule has 0 aliphatic carbocycles. The Bertz CT molecular complexity index is 1020. The number of carbonyl (C=O) groups is 2. The van der Waals surface area contributed by atoms with Crippen molar-refractivity contribution >= 4 is 22.7 Å². The van der Waals surface area contributed by atoms with Crippen molar-refractivity contribution < 1.29 is 23.5 Å². The molecule has 29 heavy (non-hydrogen) atoms. The largest absolute Gasteiger partial charge is 0.497 e. The van der Waals surface area contributed by atoms with Crippen molar-refractivity contribution in [1.82, 2.24) is 5.32 Å². The fourth-order valence-corrected chi connectivity index (χ4v) is 3.19. The Morgan fingerprint density at radius 2 is 1.66 bits per heavy atom. The summed E-state index contributed by atoms with van der Waals surface area (Å²) in [7, 11) is 3.15. The maximum atomic E-state index is 13.3. The first kappa shape index (κ1) is 20.5. The second-order valence-electron chi connectivity index (χ2n) is 7.04. The third-order valence-electron chi connectivity index (χ3n) is 4.58. The SMILES string of the molecule is COc1ccc(C(=O)c2c(CCC(=O)NC(C)C)oc3ccc(OC)cc23)cc1. The lowest BCUT2D eigenvalue weighted by molar-refractivity contribution is -0.121. The zero-order chi connectivity index (χ0) is 21.0. The van der Waals surface area contributed by atoms with Gasteiger partial charge < -0.3 is 19.2 Å². The van der Waals surface area contributed by atoms with Crippen LogP contribution >= 0.6 is 0 Å². The van der Waals surface area contributed by atoms with Gasteiger partial charge in [-0.3, -0.25) is 9.59 Å². The van der Waals surface area contributed by atoms with E-state index in [1.807, 2.05) is 13.8 Å². The van der Waals surface area contributed by atoms with E-state index in [1.165, 1.54) is 0 Å². The molecule has 0 aliphatic heterocycles. The standard InChI is InChI=1S/C23H25NO5/c1-14(2)24-21(25)12-11-20-22(18-13-17(28-4)9-10-19(18)29-20)23(26)15-5-7-16(27-3)8-6-15/h5-10,13-14H,11-12H2,1-4H3,(H,24,25). The van der Waals surface area contributed by atoms with E-state index in [2.05, 4.69) is 5.32 Å². The van der Waals surface area contributed by atoms with Gasteiger partial charge in [-0.1, -0.05) is 0 Å². The van der Waals surface area contributed by atoms with Crippen LogP contribution in [-0.4, -0.2) is 32.0 Å². The number of carbonyl (C=O) groups excluding carboxylic acids is 2. The molecule has 6 heteroatoms. The smallest absolute Gasteiger partial charge is 0.220 e. The number of ether oxygens (including phenoxy) is 2. The van der Waals surface area contributed by atoms with Crippen molar-refractivity contribution in [2.75, 3.05) is 14.2 Å². The lowest BCUT2D eigenvalue weighted by Gasteiger charge is -2.08. The monoisotopic (exact) mass is 395 g/mol. The van der Waals surface area contributed by atoms with E-state index >= 15 is 0 Å².